The van der Waals surface area contributed by atoms with Crippen molar-refractivity contribution in [3.8, 4) is 11.5 Å². The molecular weight excluding hydrogens is 264 g/mol. The van der Waals surface area contributed by atoms with Crippen LogP contribution in [-0.4, -0.2) is 19.3 Å². The molecule has 2 aromatic rings. The molecule has 0 fully saturated rings. The van der Waals surface area contributed by atoms with Crippen LogP contribution in [0.5, 0.6) is 11.5 Å². The van der Waals surface area contributed by atoms with Crippen LogP contribution in [0.3, 0.4) is 0 Å². The molecule has 0 N–H and O–H groups in total. The van der Waals surface area contributed by atoms with E-state index >= 15 is 0 Å². The van der Waals surface area contributed by atoms with E-state index in [-0.39, 0.29) is 12.2 Å². The summed E-state index contributed by atoms with van der Waals surface area (Å²) >= 11 is 0. The molecule has 3 heteroatoms. The molecule has 112 valence electrons. The Morgan fingerprint density at radius 1 is 0.810 bits per heavy atom. The van der Waals surface area contributed by atoms with E-state index < -0.39 is 0 Å². The second kappa shape index (κ2) is 7.70. The van der Waals surface area contributed by atoms with Gasteiger partial charge in [0.15, 0.2) is 0 Å². The van der Waals surface area contributed by atoms with Crippen molar-refractivity contribution in [1.29, 1.82) is 0 Å². The highest BCUT2D eigenvalue weighted by Crippen LogP contribution is 2.16. The quantitative estimate of drug-likeness (QED) is 0.768. The van der Waals surface area contributed by atoms with Gasteiger partial charge in [0, 0.05) is 0 Å². The van der Waals surface area contributed by atoms with Gasteiger partial charge in [0.25, 0.3) is 0 Å². The van der Waals surface area contributed by atoms with Crippen LogP contribution in [0.1, 0.15) is 19.4 Å². The molecule has 0 saturated carbocycles. The third-order valence-electron chi connectivity index (χ3n) is 3.40. The first-order valence-corrected chi connectivity index (χ1v) is 7.15. The van der Waals surface area contributed by atoms with Crippen molar-refractivity contribution in [2.24, 2.45) is 0 Å². The average molecular weight is 286 g/mol. The number of rotatable bonds is 7. The molecule has 2 aromatic carbocycles. The van der Waals surface area contributed by atoms with Crippen LogP contribution in [0.2, 0.25) is 0 Å². The van der Waals surface area contributed by atoms with Crippen LogP contribution in [0.25, 0.3) is 0 Å². The van der Waals surface area contributed by atoms with Crippen LogP contribution in [-0.2, 0) is 11.3 Å². The topological polar surface area (TPSA) is 27.7 Å². The predicted octanol–water partition coefficient (Wildman–Crippen LogP) is 4.07. The summed E-state index contributed by atoms with van der Waals surface area (Å²) < 4.78 is 16.9. The lowest BCUT2D eigenvalue weighted by atomic mass is 10.2. The molecule has 0 unspecified atom stereocenters. The second-order valence-electron chi connectivity index (χ2n) is 5.00. The van der Waals surface area contributed by atoms with Gasteiger partial charge in [-0.25, -0.2) is 0 Å². The van der Waals surface area contributed by atoms with Gasteiger partial charge < -0.3 is 14.2 Å². The minimum absolute atomic E-state index is 0.00677. The standard InChI is InChI=1S/C18H22O3/c1-14(15(2)21-18-7-5-4-6-8-18)20-13-16-9-11-17(19-3)12-10-16/h4-12,14-15H,13H2,1-3H3/t14-,15-/m0/s1. The van der Waals surface area contributed by atoms with Crippen molar-refractivity contribution in [3.63, 3.8) is 0 Å². The zero-order valence-electron chi connectivity index (χ0n) is 12.8. The zero-order valence-corrected chi connectivity index (χ0v) is 12.8. The molecule has 2 rings (SSSR count). The van der Waals surface area contributed by atoms with Crippen molar-refractivity contribution in [2.45, 2.75) is 32.7 Å². The molecule has 0 spiro atoms. The minimum atomic E-state index is -0.00866. The molecule has 0 radical (unpaired) electrons. The molecule has 2 atom stereocenters. The predicted molar refractivity (Wildman–Crippen MR) is 83.8 cm³/mol. The molecule has 0 saturated heterocycles. The van der Waals surface area contributed by atoms with Gasteiger partial charge in [-0.1, -0.05) is 30.3 Å². The number of methoxy groups -OCH3 is 1. The highest BCUT2D eigenvalue weighted by molar-refractivity contribution is 5.26. The van der Waals surface area contributed by atoms with Gasteiger partial charge in [-0.3, -0.25) is 0 Å². The first kappa shape index (κ1) is 15.4. The summed E-state index contributed by atoms with van der Waals surface area (Å²) in [5.41, 5.74) is 1.12. The Labute approximate surface area is 126 Å². The molecule has 21 heavy (non-hydrogen) atoms. The van der Waals surface area contributed by atoms with Crippen molar-refractivity contribution in [2.75, 3.05) is 7.11 Å². The van der Waals surface area contributed by atoms with Gasteiger partial charge in [-0.2, -0.15) is 0 Å². The molecule has 0 heterocycles. The van der Waals surface area contributed by atoms with E-state index in [9.17, 15) is 0 Å². The average Bonchev–Trinajstić information content (AvgIpc) is 2.54. The lowest BCUT2D eigenvalue weighted by molar-refractivity contribution is -0.0164. The van der Waals surface area contributed by atoms with E-state index in [1.807, 2.05) is 68.4 Å². The highest BCUT2D eigenvalue weighted by atomic mass is 16.5. The number of hydrogen-bond acceptors (Lipinski definition) is 3. The summed E-state index contributed by atoms with van der Waals surface area (Å²) in [5, 5.41) is 0. The number of hydrogen-bond donors (Lipinski definition) is 0. The van der Waals surface area contributed by atoms with E-state index in [1.165, 1.54) is 0 Å². The van der Waals surface area contributed by atoms with Crippen LogP contribution < -0.4 is 9.47 Å². The Bertz CT molecular complexity index is 522. The number of benzene rings is 2. The number of para-hydroxylation sites is 1. The van der Waals surface area contributed by atoms with Crippen molar-refractivity contribution in [1.82, 2.24) is 0 Å². The van der Waals surface area contributed by atoms with E-state index in [4.69, 9.17) is 14.2 Å². The fourth-order valence-corrected chi connectivity index (χ4v) is 1.89. The lowest BCUT2D eigenvalue weighted by Crippen LogP contribution is -2.28. The van der Waals surface area contributed by atoms with Gasteiger partial charge in [0.2, 0.25) is 0 Å². The molecule has 0 aliphatic heterocycles. The fourth-order valence-electron chi connectivity index (χ4n) is 1.89. The van der Waals surface area contributed by atoms with Gasteiger partial charge in [-0.05, 0) is 43.7 Å². The Balaban J connectivity index is 1.81. The van der Waals surface area contributed by atoms with E-state index in [0.717, 1.165) is 17.1 Å². The third kappa shape index (κ3) is 4.80. The molecular formula is C18H22O3. The van der Waals surface area contributed by atoms with Crippen LogP contribution >= 0.6 is 0 Å². The van der Waals surface area contributed by atoms with Crippen LogP contribution in [0.15, 0.2) is 54.6 Å². The van der Waals surface area contributed by atoms with Crippen LogP contribution in [0, 0.1) is 0 Å². The van der Waals surface area contributed by atoms with Gasteiger partial charge >= 0.3 is 0 Å². The maximum atomic E-state index is 5.87. The largest absolute Gasteiger partial charge is 0.497 e. The summed E-state index contributed by atoms with van der Waals surface area (Å²) in [7, 11) is 1.66. The second-order valence-corrected chi connectivity index (χ2v) is 5.00. The Hall–Kier alpha value is -2.00. The monoisotopic (exact) mass is 286 g/mol. The maximum Gasteiger partial charge on any atom is 0.122 e. The van der Waals surface area contributed by atoms with Gasteiger partial charge in [0.1, 0.15) is 17.6 Å². The van der Waals surface area contributed by atoms with E-state index in [2.05, 4.69) is 0 Å². The summed E-state index contributed by atoms with van der Waals surface area (Å²) in [5.74, 6) is 1.72. The molecule has 0 aliphatic carbocycles. The maximum absolute atomic E-state index is 5.87. The summed E-state index contributed by atoms with van der Waals surface area (Å²) in [6.07, 6.45) is -0.00189. The van der Waals surface area contributed by atoms with Crippen LogP contribution in [0.4, 0.5) is 0 Å². The first-order chi connectivity index (χ1) is 10.2. The van der Waals surface area contributed by atoms with E-state index in [0.29, 0.717) is 6.61 Å². The molecule has 0 bridgehead atoms. The minimum Gasteiger partial charge on any atom is -0.497 e. The normalized spacial score (nSPS) is 13.5. The Morgan fingerprint density at radius 3 is 2.10 bits per heavy atom. The molecule has 0 aromatic heterocycles. The van der Waals surface area contributed by atoms with E-state index in [1.54, 1.807) is 7.11 Å². The van der Waals surface area contributed by atoms with Crippen molar-refractivity contribution >= 4 is 0 Å². The fraction of sp³-hybridized carbons (Fsp3) is 0.333. The lowest BCUT2D eigenvalue weighted by Gasteiger charge is -2.22. The van der Waals surface area contributed by atoms with Gasteiger partial charge in [-0.15, -0.1) is 0 Å². The van der Waals surface area contributed by atoms with Gasteiger partial charge in [0.05, 0.1) is 19.8 Å². The molecule has 0 aliphatic rings. The third-order valence-corrected chi connectivity index (χ3v) is 3.40. The number of ether oxygens (including phenoxy) is 3. The molecule has 3 nitrogen and oxygen atoms in total. The SMILES string of the molecule is COc1ccc(CO[C@@H](C)[C@H](C)Oc2ccccc2)cc1. The smallest absolute Gasteiger partial charge is 0.122 e. The molecule has 0 amide bonds. The zero-order chi connectivity index (χ0) is 15.1. The summed E-state index contributed by atoms with van der Waals surface area (Å²) in [4.78, 5) is 0. The Morgan fingerprint density at radius 2 is 1.48 bits per heavy atom. The van der Waals surface area contributed by atoms with Crippen molar-refractivity contribution in [3.05, 3.63) is 60.2 Å². The van der Waals surface area contributed by atoms with Crippen molar-refractivity contribution < 1.29 is 14.2 Å². The first-order valence-electron chi connectivity index (χ1n) is 7.15. The summed E-state index contributed by atoms with van der Waals surface area (Å²) in [6.45, 7) is 4.61. The Kier molecular flexibility index (Phi) is 5.64. The highest BCUT2D eigenvalue weighted by Gasteiger charge is 2.14. The summed E-state index contributed by atoms with van der Waals surface area (Å²) in [6, 6.07) is 17.7.